The summed E-state index contributed by atoms with van der Waals surface area (Å²) in [6, 6.07) is 22.5. The van der Waals surface area contributed by atoms with Gasteiger partial charge >= 0.3 is 0 Å². The summed E-state index contributed by atoms with van der Waals surface area (Å²) in [4.78, 5) is 3.03. The van der Waals surface area contributed by atoms with Crippen LogP contribution in [0, 0.1) is 42.9 Å². The average molecular weight is 473 g/mol. The average Bonchev–Trinajstić information content (AvgIpc) is 2.83. The zero-order valence-electron chi connectivity index (χ0n) is 17.6. The van der Waals surface area contributed by atoms with Crippen LogP contribution in [0.4, 0.5) is 22.0 Å². The van der Waals surface area contributed by atoms with Gasteiger partial charge in [0.05, 0.1) is 10.9 Å². The second kappa shape index (κ2) is 9.27. The van der Waals surface area contributed by atoms with E-state index in [1.165, 1.54) is 12.1 Å². The van der Waals surface area contributed by atoms with Gasteiger partial charge < -0.3 is 4.74 Å². The Morgan fingerprint density at radius 3 is 1.21 bits per heavy atom. The fourth-order valence-electron chi connectivity index (χ4n) is 3.19. The molecule has 0 radical (unpaired) electrons. The van der Waals surface area contributed by atoms with Crippen molar-refractivity contribution in [2.45, 2.75) is 28.5 Å². The van der Waals surface area contributed by atoms with Crippen LogP contribution in [0.5, 0.6) is 11.5 Å². The van der Waals surface area contributed by atoms with Gasteiger partial charge in [0.15, 0.2) is 14.7 Å². The van der Waals surface area contributed by atoms with E-state index in [-0.39, 0.29) is 5.75 Å². The summed E-state index contributed by atoms with van der Waals surface area (Å²) in [5.41, 5.74) is 2.25. The summed E-state index contributed by atoms with van der Waals surface area (Å²) >= 11 is 0. The first-order valence-electron chi connectivity index (χ1n) is 9.93. The maximum atomic E-state index is 14.0. The molecular formula is C26H18F5OS+. The molecule has 4 aromatic rings. The summed E-state index contributed by atoms with van der Waals surface area (Å²) in [5, 5.41) is 0. The Labute approximate surface area is 190 Å². The Morgan fingerprint density at radius 1 is 0.485 bits per heavy atom. The van der Waals surface area contributed by atoms with Gasteiger partial charge in [-0.05, 0) is 62.4 Å². The second-order valence-electron chi connectivity index (χ2n) is 7.40. The molecule has 0 unspecified atom stereocenters. The second-order valence-corrected chi connectivity index (χ2v) is 9.43. The van der Waals surface area contributed by atoms with Crippen molar-refractivity contribution in [2.75, 3.05) is 0 Å². The lowest BCUT2D eigenvalue weighted by molar-refractivity contribution is 0.332. The van der Waals surface area contributed by atoms with Gasteiger partial charge in [-0.15, -0.1) is 0 Å². The molecule has 0 aliphatic heterocycles. The molecule has 0 aliphatic carbocycles. The lowest BCUT2D eigenvalue weighted by Crippen LogP contribution is -2.06. The summed E-state index contributed by atoms with van der Waals surface area (Å²) in [7, 11) is -0.478. The molecule has 7 heteroatoms. The van der Waals surface area contributed by atoms with Crippen molar-refractivity contribution in [3.05, 3.63) is 113 Å². The summed E-state index contributed by atoms with van der Waals surface area (Å²) in [6.07, 6.45) is 0. The summed E-state index contributed by atoms with van der Waals surface area (Å²) in [6.45, 7) is 4.00. The minimum atomic E-state index is -2.23. The molecule has 0 amide bonds. The Bertz CT molecular complexity index is 1210. The van der Waals surface area contributed by atoms with Gasteiger partial charge in [0.2, 0.25) is 34.8 Å². The topological polar surface area (TPSA) is 9.23 Å². The molecule has 0 fully saturated rings. The highest BCUT2D eigenvalue weighted by Gasteiger charge is 2.30. The molecule has 0 atom stereocenters. The van der Waals surface area contributed by atoms with Crippen LogP contribution >= 0.6 is 0 Å². The SMILES string of the molecule is Cc1ccc([S+](c2ccc(C)cc2)c2ccc(Oc3c(F)c(F)c(F)c(F)c3F)cc2)cc1. The molecule has 4 aromatic carbocycles. The highest BCUT2D eigenvalue weighted by atomic mass is 32.2. The minimum Gasteiger partial charge on any atom is -0.451 e. The largest absolute Gasteiger partial charge is 0.451 e. The first kappa shape index (κ1) is 22.9. The maximum absolute atomic E-state index is 14.0. The van der Waals surface area contributed by atoms with E-state index in [2.05, 4.69) is 0 Å². The van der Waals surface area contributed by atoms with Crippen LogP contribution in [0.15, 0.2) is 87.5 Å². The maximum Gasteiger partial charge on any atom is 0.207 e. The van der Waals surface area contributed by atoms with Crippen LogP contribution in [-0.4, -0.2) is 0 Å². The molecule has 0 saturated heterocycles. The summed E-state index contributed by atoms with van der Waals surface area (Å²) in [5.74, 6) is -11.8. The quantitative estimate of drug-likeness (QED) is 0.124. The van der Waals surface area contributed by atoms with Crippen molar-refractivity contribution in [3.8, 4) is 11.5 Å². The smallest absolute Gasteiger partial charge is 0.207 e. The molecule has 168 valence electrons. The van der Waals surface area contributed by atoms with Crippen molar-refractivity contribution in [1.29, 1.82) is 0 Å². The van der Waals surface area contributed by atoms with E-state index in [0.717, 1.165) is 25.8 Å². The number of rotatable bonds is 5. The number of hydrogen-bond donors (Lipinski definition) is 0. The standard InChI is InChI=1S/C26H18F5OS/c1-15-3-9-18(10-4-15)33(19-11-5-16(2)6-12-19)20-13-7-17(8-14-20)32-26-24(30)22(28)21(27)23(29)25(26)31/h3-14H,1-2H3/q+1. The Hall–Kier alpha value is -3.32. The third kappa shape index (κ3) is 4.59. The van der Waals surface area contributed by atoms with Crippen LogP contribution in [0.3, 0.4) is 0 Å². The highest BCUT2D eigenvalue weighted by Crippen LogP contribution is 2.35. The van der Waals surface area contributed by atoms with E-state index < -0.39 is 45.7 Å². The monoisotopic (exact) mass is 473 g/mol. The van der Waals surface area contributed by atoms with E-state index in [1.54, 1.807) is 12.1 Å². The molecule has 4 rings (SSSR count). The molecule has 0 aromatic heterocycles. The van der Waals surface area contributed by atoms with Crippen LogP contribution < -0.4 is 4.74 Å². The van der Waals surface area contributed by atoms with Crippen LogP contribution in [-0.2, 0) is 10.9 Å². The first-order chi connectivity index (χ1) is 15.8. The van der Waals surface area contributed by atoms with E-state index in [9.17, 15) is 22.0 Å². The van der Waals surface area contributed by atoms with Crippen molar-refractivity contribution in [3.63, 3.8) is 0 Å². The summed E-state index contributed by atoms with van der Waals surface area (Å²) < 4.78 is 73.2. The zero-order chi connectivity index (χ0) is 23.7. The van der Waals surface area contributed by atoms with Crippen molar-refractivity contribution < 1.29 is 26.7 Å². The minimum absolute atomic E-state index is 0.0571. The third-order valence-corrected chi connectivity index (χ3v) is 7.19. The fourth-order valence-corrected chi connectivity index (χ4v) is 5.23. The zero-order valence-corrected chi connectivity index (χ0v) is 18.5. The molecule has 0 N–H and O–H groups in total. The highest BCUT2D eigenvalue weighted by molar-refractivity contribution is 7.97. The van der Waals surface area contributed by atoms with Gasteiger partial charge in [0.25, 0.3) is 0 Å². The molecule has 1 nitrogen and oxygen atoms in total. The van der Waals surface area contributed by atoms with Gasteiger partial charge in [0.1, 0.15) is 5.75 Å². The number of ether oxygens (including phenoxy) is 1. The lowest BCUT2D eigenvalue weighted by atomic mass is 10.2. The molecule has 0 bridgehead atoms. The van der Waals surface area contributed by atoms with Gasteiger partial charge in [-0.25, -0.2) is 13.2 Å². The van der Waals surface area contributed by atoms with Crippen LogP contribution in [0.2, 0.25) is 0 Å². The van der Waals surface area contributed by atoms with Crippen molar-refractivity contribution in [1.82, 2.24) is 0 Å². The molecular weight excluding hydrogens is 455 g/mol. The fraction of sp³-hybridized carbons (Fsp3) is 0.0769. The number of aryl methyl sites for hydroxylation is 2. The lowest BCUT2D eigenvalue weighted by Gasteiger charge is -2.11. The first-order valence-corrected chi connectivity index (χ1v) is 11.2. The molecule has 0 heterocycles. The molecule has 0 spiro atoms. The van der Waals surface area contributed by atoms with Gasteiger partial charge in [0, 0.05) is 0 Å². The number of hydrogen-bond acceptors (Lipinski definition) is 1. The van der Waals surface area contributed by atoms with E-state index in [0.29, 0.717) is 0 Å². The van der Waals surface area contributed by atoms with E-state index in [1.807, 2.05) is 62.4 Å². The van der Waals surface area contributed by atoms with Crippen molar-refractivity contribution in [2.24, 2.45) is 0 Å². The van der Waals surface area contributed by atoms with Crippen molar-refractivity contribution >= 4 is 10.9 Å². The molecule has 33 heavy (non-hydrogen) atoms. The number of benzene rings is 4. The predicted octanol–water partition coefficient (Wildman–Crippen LogP) is 7.89. The van der Waals surface area contributed by atoms with Gasteiger partial charge in [-0.3, -0.25) is 0 Å². The van der Waals surface area contributed by atoms with Crippen LogP contribution in [0.25, 0.3) is 0 Å². The van der Waals surface area contributed by atoms with E-state index >= 15 is 0 Å². The third-order valence-electron chi connectivity index (χ3n) is 4.96. The predicted molar refractivity (Wildman–Crippen MR) is 117 cm³/mol. The van der Waals surface area contributed by atoms with Crippen LogP contribution in [0.1, 0.15) is 11.1 Å². The molecule has 0 aliphatic rings. The van der Waals surface area contributed by atoms with Gasteiger partial charge in [-0.2, -0.15) is 8.78 Å². The molecule has 0 saturated carbocycles. The Balaban J connectivity index is 1.71. The van der Waals surface area contributed by atoms with Gasteiger partial charge in [-0.1, -0.05) is 35.4 Å². The van der Waals surface area contributed by atoms with E-state index in [4.69, 9.17) is 4.74 Å². The Kier molecular flexibility index (Phi) is 6.42. The normalized spacial score (nSPS) is 11.2. The Morgan fingerprint density at radius 2 is 0.818 bits per heavy atom. The number of halogens is 5.